The van der Waals surface area contributed by atoms with Crippen molar-refractivity contribution in [2.75, 3.05) is 36.4 Å². The van der Waals surface area contributed by atoms with Crippen LogP contribution in [0.1, 0.15) is 24.2 Å². The van der Waals surface area contributed by atoms with Crippen LogP contribution in [0.25, 0.3) is 0 Å². The Hall–Kier alpha value is -3.09. The maximum absolute atomic E-state index is 12.4. The molecule has 2 aromatic rings. The first-order valence-electron chi connectivity index (χ1n) is 9.03. The second-order valence-corrected chi connectivity index (χ2v) is 6.68. The van der Waals surface area contributed by atoms with Crippen molar-refractivity contribution in [2.24, 2.45) is 0 Å². The minimum absolute atomic E-state index is 0.108. The number of hydrogen-bond donors (Lipinski definition) is 1. The van der Waals surface area contributed by atoms with Crippen molar-refractivity contribution >= 4 is 23.8 Å². The van der Waals surface area contributed by atoms with Gasteiger partial charge in [0.25, 0.3) is 5.91 Å². The topological polar surface area (TPSA) is 74.8 Å². The normalized spacial score (nSPS) is 14.2. The SMILES string of the molecule is CC(C)Oc1ccc(NC(=O)c2ccc(N3CCN(C=O)CC3)nc2)cc1. The van der Waals surface area contributed by atoms with E-state index >= 15 is 0 Å². The first-order chi connectivity index (χ1) is 13.0. The molecular weight excluding hydrogens is 344 g/mol. The molecule has 0 radical (unpaired) electrons. The number of piperazine rings is 1. The summed E-state index contributed by atoms with van der Waals surface area (Å²) in [4.78, 5) is 31.4. The fourth-order valence-corrected chi connectivity index (χ4v) is 2.86. The summed E-state index contributed by atoms with van der Waals surface area (Å²) >= 11 is 0. The molecule has 1 aromatic carbocycles. The van der Waals surface area contributed by atoms with Crippen LogP contribution in [0.5, 0.6) is 5.75 Å². The standard InChI is InChI=1S/C20H24N4O3/c1-15(2)27-18-6-4-17(5-7-18)22-20(26)16-3-8-19(21-13-16)24-11-9-23(14-25)10-12-24/h3-8,13-15H,9-12H2,1-2H3,(H,22,26). The number of pyridine rings is 1. The summed E-state index contributed by atoms with van der Waals surface area (Å²) < 4.78 is 5.59. The van der Waals surface area contributed by atoms with E-state index in [1.807, 2.05) is 44.2 Å². The third kappa shape index (κ3) is 4.97. The molecule has 0 atom stereocenters. The highest BCUT2D eigenvalue weighted by atomic mass is 16.5. The number of amides is 2. The van der Waals surface area contributed by atoms with Crippen LogP contribution in [-0.2, 0) is 4.79 Å². The number of anilines is 2. The zero-order valence-electron chi connectivity index (χ0n) is 15.6. The number of carbonyl (C=O) groups is 2. The van der Waals surface area contributed by atoms with E-state index < -0.39 is 0 Å². The van der Waals surface area contributed by atoms with Gasteiger partial charge >= 0.3 is 0 Å². The molecule has 1 saturated heterocycles. The highest BCUT2D eigenvalue weighted by molar-refractivity contribution is 6.04. The van der Waals surface area contributed by atoms with E-state index in [1.54, 1.807) is 17.2 Å². The van der Waals surface area contributed by atoms with Crippen molar-refractivity contribution in [3.63, 3.8) is 0 Å². The monoisotopic (exact) mass is 368 g/mol. The van der Waals surface area contributed by atoms with Gasteiger partial charge in [0.1, 0.15) is 11.6 Å². The van der Waals surface area contributed by atoms with Gasteiger partial charge in [-0.25, -0.2) is 4.98 Å². The number of rotatable bonds is 6. The lowest BCUT2D eigenvalue weighted by Crippen LogP contribution is -2.46. The predicted molar refractivity (Wildman–Crippen MR) is 104 cm³/mol. The summed E-state index contributed by atoms with van der Waals surface area (Å²) in [6.45, 7) is 6.78. The molecule has 0 aliphatic carbocycles. The van der Waals surface area contributed by atoms with Crippen LogP contribution in [0.15, 0.2) is 42.6 Å². The van der Waals surface area contributed by atoms with E-state index in [0.717, 1.165) is 31.1 Å². The fraction of sp³-hybridized carbons (Fsp3) is 0.350. The molecule has 7 nitrogen and oxygen atoms in total. The van der Waals surface area contributed by atoms with Gasteiger partial charge in [-0.1, -0.05) is 0 Å². The zero-order valence-corrected chi connectivity index (χ0v) is 15.6. The zero-order chi connectivity index (χ0) is 19.2. The third-order valence-corrected chi connectivity index (χ3v) is 4.28. The first kappa shape index (κ1) is 18.7. The Morgan fingerprint density at radius 1 is 1.11 bits per heavy atom. The van der Waals surface area contributed by atoms with Gasteiger partial charge in [-0.3, -0.25) is 9.59 Å². The first-order valence-corrected chi connectivity index (χ1v) is 9.03. The van der Waals surface area contributed by atoms with Gasteiger partial charge in [0, 0.05) is 38.1 Å². The van der Waals surface area contributed by atoms with Crippen molar-refractivity contribution in [2.45, 2.75) is 20.0 Å². The average Bonchev–Trinajstić information content (AvgIpc) is 2.69. The molecular formula is C20H24N4O3. The summed E-state index contributed by atoms with van der Waals surface area (Å²) in [5, 5.41) is 2.86. The van der Waals surface area contributed by atoms with Gasteiger partial charge in [-0.05, 0) is 50.2 Å². The molecule has 1 aliphatic rings. The molecule has 0 saturated carbocycles. The van der Waals surface area contributed by atoms with E-state index in [9.17, 15) is 9.59 Å². The summed E-state index contributed by atoms with van der Waals surface area (Å²) in [5.74, 6) is 1.37. The lowest BCUT2D eigenvalue weighted by Gasteiger charge is -2.33. The quantitative estimate of drug-likeness (QED) is 0.793. The molecule has 0 unspecified atom stereocenters. The van der Waals surface area contributed by atoms with Crippen LogP contribution in [0, 0.1) is 0 Å². The molecule has 1 aromatic heterocycles. The van der Waals surface area contributed by atoms with Gasteiger partial charge in [0.05, 0.1) is 11.7 Å². The van der Waals surface area contributed by atoms with E-state index in [2.05, 4.69) is 15.2 Å². The number of benzene rings is 1. The van der Waals surface area contributed by atoms with Crippen LogP contribution in [0.4, 0.5) is 11.5 Å². The number of aromatic nitrogens is 1. The van der Waals surface area contributed by atoms with Crippen molar-refractivity contribution in [1.29, 1.82) is 0 Å². The lowest BCUT2D eigenvalue weighted by molar-refractivity contribution is -0.118. The Labute approximate surface area is 158 Å². The molecule has 1 N–H and O–H groups in total. The Morgan fingerprint density at radius 3 is 2.37 bits per heavy atom. The minimum Gasteiger partial charge on any atom is -0.491 e. The highest BCUT2D eigenvalue weighted by Crippen LogP contribution is 2.18. The highest BCUT2D eigenvalue weighted by Gasteiger charge is 2.17. The Kier molecular flexibility index (Phi) is 5.90. The van der Waals surface area contributed by atoms with Gasteiger partial charge in [0.2, 0.25) is 6.41 Å². The summed E-state index contributed by atoms with van der Waals surface area (Å²) in [6, 6.07) is 10.9. The molecule has 2 heterocycles. The Morgan fingerprint density at radius 2 is 1.81 bits per heavy atom. The van der Waals surface area contributed by atoms with Crippen LogP contribution >= 0.6 is 0 Å². The van der Waals surface area contributed by atoms with Crippen LogP contribution < -0.4 is 15.0 Å². The van der Waals surface area contributed by atoms with Gasteiger partial charge in [-0.15, -0.1) is 0 Å². The van der Waals surface area contributed by atoms with Crippen LogP contribution in [0.2, 0.25) is 0 Å². The largest absolute Gasteiger partial charge is 0.491 e. The summed E-state index contributed by atoms with van der Waals surface area (Å²) in [7, 11) is 0. The molecule has 3 rings (SSSR count). The van der Waals surface area contributed by atoms with Gasteiger partial charge in [-0.2, -0.15) is 0 Å². The summed E-state index contributed by atoms with van der Waals surface area (Å²) in [6.07, 6.45) is 2.56. The van der Waals surface area contributed by atoms with Crippen molar-refractivity contribution in [1.82, 2.24) is 9.88 Å². The third-order valence-electron chi connectivity index (χ3n) is 4.28. The minimum atomic E-state index is -0.211. The number of nitrogens with one attached hydrogen (secondary N) is 1. The predicted octanol–water partition coefficient (Wildman–Crippen LogP) is 2.40. The summed E-state index contributed by atoms with van der Waals surface area (Å²) in [5.41, 5.74) is 1.19. The fourth-order valence-electron chi connectivity index (χ4n) is 2.86. The molecule has 1 aliphatic heterocycles. The van der Waals surface area contributed by atoms with Crippen molar-refractivity contribution < 1.29 is 14.3 Å². The van der Waals surface area contributed by atoms with Crippen molar-refractivity contribution in [3.05, 3.63) is 48.2 Å². The van der Waals surface area contributed by atoms with E-state index in [1.165, 1.54) is 0 Å². The molecule has 2 amide bonds. The average molecular weight is 368 g/mol. The second kappa shape index (κ2) is 8.53. The van der Waals surface area contributed by atoms with Gasteiger partial charge < -0.3 is 19.9 Å². The maximum Gasteiger partial charge on any atom is 0.257 e. The molecule has 0 bridgehead atoms. The molecule has 1 fully saturated rings. The molecule has 27 heavy (non-hydrogen) atoms. The van der Waals surface area contributed by atoms with Crippen LogP contribution in [-0.4, -0.2) is 54.5 Å². The maximum atomic E-state index is 12.4. The van der Waals surface area contributed by atoms with E-state index in [-0.39, 0.29) is 12.0 Å². The van der Waals surface area contributed by atoms with E-state index in [4.69, 9.17) is 4.74 Å². The number of hydrogen-bond acceptors (Lipinski definition) is 5. The Bertz CT molecular complexity index is 767. The Balaban J connectivity index is 1.58. The number of ether oxygens (including phenoxy) is 1. The molecule has 142 valence electrons. The smallest absolute Gasteiger partial charge is 0.257 e. The van der Waals surface area contributed by atoms with Gasteiger partial charge in [0.15, 0.2) is 0 Å². The van der Waals surface area contributed by atoms with E-state index in [0.29, 0.717) is 24.3 Å². The van der Waals surface area contributed by atoms with Crippen molar-refractivity contribution in [3.8, 4) is 5.75 Å². The number of carbonyl (C=O) groups excluding carboxylic acids is 2. The number of nitrogens with zero attached hydrogens (tertiary/aromatic N) is 3. The molecule has 0 spiro atoms. The molecule has 7 heteroatoms. The van der Waals surface area contributed by atoms with Crippen LogP contribution in [0.3, 0.4) is 0 Å². The second-order valence-electron chi connectivity index (χ2n) is 6.68. The lowest BCUT2D eigenvalue weighted by atomic mass is 10.2.